The Balaban J connectivity index is 2.50. The van der Waals surface area contributed by atoms with Gasteiger partial charge in [0.15, 0.2) is 11.6 Å². The minimum Gasteiger partial charge on any atom is -0.491 e. The summed E-state index contributed by atoms with van der Waals surface area (Å²) < 4.78 is 18.7. The van der Waals surface area contributed by atoms with Crippen molar-refractivity contribution in [3.8, 4) is 5.75 Å². The van der Waals surface area contributed by atoms with E-state index in [0.717, 1.165) is 5.56 Å². The summed E-state index contributed by atoms with van der Waals surface area (Å²) in [6, 6.07) is 4.76. The van der Waals surface area contributed by atoms with Gasteiger partial charge in [0, 0.05) is 13.1 Å². The average Bonchev–Trinajstić information content (AvgIpc) is 2.37. The van der Waals surface area contributed by atoms with E-state index in [2.05, 4.69) is 5.32 Å². The van der Waals surface area contributed by atoms with E-state index in [1.54, 1.807) is 19.1 Å². The summed E-state index contributed by atoms with van der Waals surface area (Å²) in [7, 11) is 0. The van der Waals surface area contributed by atoms with Gasteiger partial charge in [0.2, 0.25) is 0 Å². The Morgan fingerprint density at radius 1 is 1.47 bits per heavy atom. The van der Waals surface area contributed by atoms with Gasteiger partial charge in [-0.25, -0.2) is 4.39 Å². The summed E-state index contributed by atoms with van der Waals surface area (Å²) >= 11 is 0. The van der Waals surface area contributed by atoms with Crippen molar-refractivity contribution in [2.24, 2.45) is 5.92 Å². The van der Waals surface area contributed by atoms with E-state index in [1.165, 1.54) is 6.07 Å². The number of hydrogen-bond acceptors (Lipinski definition) is 3. The fraction of sp³-hybridized carbons (Fsp3) is 0.500. The first-order valence-corrected chi connectivity index (χ1v) is 6.43. The van der Waals surface area contributed by atoms with Crippen molar-refractivity contribution in [1.29, 1.82) is 0 Å². The zero-order valence-electron chi connectivity index (χ0n) is 11.3. The number of hydrogen-bond donors (Lipinski definition) is 2. The van der Waals surface area contributed by atoms with Crippen molar-refractivity contribution < 1.29 is 19.0 Å². The molecule has 1 atom stereocenters. The van der Waals surface area contributed by atoms with Crippen LogP contribution in [0.2, 0.25) is 0 Å². The van der Waals surface area contributed by atoms with E-state index in [0.29, 0.717) is 26.1 Å². The molecular formula is C14H20FNO3. The first kappa shape index (κ1) is 15.4. The van der Waals surface area contributed by atoms with Gasteiger partial charge in [-0.15, -0.1) is 0 Å². The van der Waals surface area contributed by atoms with Gasteiger partial charge in [0.25, 0.3) is 0 Å². The molecule has 1 rings (SSSR count). The van der Waals surface area contributed by atoms with Crippen LogP contribution in [0.1, 0.15) is 25.8 Å². The highest BCUT2D eigenvalue weighted by Gasteiger charge is 2.14. The van der Waals surface area contributed by atoms with E-state index in [1.807, 2.05) is 6.92 Å². The zero-order valence-corrected chi connectivity index (χ0v) is 11.3. The topological polar surface area (TPSA) is 58.6 Å². The third-order valence-electron chi connectivity index (χ3n) is 2.86. The van der Waals surface area contributed by atoms with Crippen molar-refractivity contribution in [1.82, 2.24) is 5.32 Å². The molecule has 4 nitrogen and oxygen atoms in total. The standard InChI is InChI=1S/C14H20FNO3/c1-3-11(14(17)18)9-16-8-10-5-6-13(19-4-2)12(15)7-10/h5-7,11,16H,3-4,8-9H2,1-2H3,(H,17,18). The molecule has 1 unspecified atom stereocenters. The lowest BCUT2D eigenvalue weighted by molar-refractivity contribution is -0.141. The zero-order chi connectivity index (χ0) is 14.3. The van der Waals surface area contributed by atoms with Gasteiger partial charge in [-0.3, -0.25) is 4.79 Å². The average molecular weight is 269 g/mol. The van der Waals surface area contributed by atoms with Crippen molar-refractivity contribution in [2.75, 3.05) is 13.2 Å². The molecule has 0 aromatic heterocycles. The maximum Gasteiger partial charge on any atom is 0.307 e. The van der Waals surface area contributed by atoms with Crippen molar-refractivity contribution in [3.63, 3.8) is 0 Å². The highest BCUT2D eigenvalue weighted by molar-refractivity contribution is 5.70. The number of aliphatic carboxylic acids is 1. The number of carboxylic acids is 1. The first-order valence-electron chi connectivity index (χ1n) is 6.43. The molecule has 0 fully saturated rings. The first-order chi connectivity index (χ1) is 9.08. The Bertz CT molecular complexity index is 423. The summed E-state index contributed by atoms with van der Waals surface area (Å²) in [6.07, 6.45) is 0.569. The van der Waals surface area contributed by atoms with Crippen LogP contribution in [0.5, 0.6) is 5.75 Å². The van der Waals surface area contributed by atoms with E-state index >= 15 is 0 Å². The molecule has 0 heterocycles. The maximum atomic E-state index is 13.6. The number of halogens is 1. The van der Waals surface area contributed by atoms with Crippen LogP contribution in [-0.4, -0.2) is 24.2 Å². The Hall–Kier alpha value is -1.62. The number of benzene rings is 1. The fourth-order valence-electron chi connectivity index (χ4n) is 1.72. The largest absolute Gasteiger partial charge is 0.491 e. The molecule has 0 saturated carbocycles. The van der Waals surface area contributed by atoms with Gasteiger partial charge in [-0.1, -0.05) is 13.0 Å². The van der Waals surface area contributed by atoms with E-state index in [9.17, 15) is 9.18 Å². The van der Waals surface area contributed by atoms with Crippen molar-refractivity contribution >= 4 is 5.97 Å². The number of ether oxygens (including phenoxy) is 1. The second-order valence-electron chi connectivity index (χ2n) is 4.27. The van der Waals surface area contributed by atoms with Crippen LogP contribution in [0.3, 0.4) is 0 Å². The Kier molecular flexibility index (Phi) is 6.29. The van der Waals surface area contributed by atoms with Crippen LogP contribution < -0.4 is 10.1 Å². The third kappa shape index (κ3) is 4.87. The molecular weight excluding hydrogens is 249 g/mol. The molecule has 19 heavy (non-hydrogen) atoms. The summed E-state index contributed by atoms with van der Waals surface area (Å²) in [4.78, 5) is 10.8. The van der Waals surface area contributed by atoms with Crippen molar-refractivity contribution in [2.45, 2.75) is 26.8 Å². The van der Waals surface area contributed by atoms with Crippen molar-refractivity contribution in [3.05, 3.63) is 29.6 Å². The SMILES string of the molecule is CCOc1ccc(CNCC(CC)C(=O)O)cc1F. The molecule has 0 aliphatic carbocycles. The number of carboxylic acid groups (broad SMARTS) is 1. The minimum atomic E-state index is -0.812. The van der Waals surface area contributed by atoms with Crippen LogP contribution in [0.25, 0.3) is 0 Å². The van der Waals surface area contributed by atoms with Crippen LogP contribution in [0.4, 0.5) is 4.39 Å². The second kappa shape index (κ2) is 7.74. The predicted molar refractivity (Wildman–Crippen MR) is 70.7 cm³/mol. The molecule has 1 aromatic rings. The third-order valence-corrected chi connectivity index (χ3v) is 2.86. The lowest BCUT2D eigenvalue weighted by Crippen LogP contribution is -2.27. The van der Waals surface area contributed by atoms with Gasteiger partial charge < -0.3 is 15.2 Å². The van der Waals surface area contributed by atoms with Crippen LogP contribution in [0.15, 0.2) is 18.2 Å². The van der Waals surface area contributed by atoms with Gasteiger partial charge in [0.05, 0.1) is 12.5 Å². The van der Waals surface area contributed by atoms with E-state index in [-0.39, 0.29) is 5.75 Å². The van der Waals surface area contributed by atoms with Gasteiger partial charge >= 0.3 is 5.97 Å². The molecule has 0 bridgehead atoms. The van der Waals surface area contributed by atoms with E-state index < -0.39 is 17.7 Å². The molecule has 1 aromatic carbocycles. The van der Waals surface area contributed by atoms with E-state index in [4.69, 9.17) is 9.84 Å². The van der Waals surface area contributed by atoms with Gasteiger partial charge in [-0.2, -0.15) is 0 Å². The van der Waals surface area contributed by atoms with Crippen LogP contribution in [-0.2, 0) is 11.3 Å². The molecule has 0 radical (unpaired) electrons. The number of carbonyl (C=O) groups is 1. The molecule has 5 heteroatoms. The summed E-state index contributed by atoms with van der Waals surface area (Å²) in [6.45, 7) is 4.86. The number of nitrogens with one attached hydrogen (secondary N) is 1. The number of rotatable bonds is 8. The highest BCUT2D eigenvalue weighted by atomic mass is 19.1. The molecule has 0 amide bonds. The predicted octanol–water partition coefficient (Wildman–Crippen LogP) is 2.42. The monoisotopic (exact) mass is 269 g/mol. The smallest absolute Gasteiger partial charge is 0.307 e. The fourth-order valence-corrected chi connectivity index (χ4v) is 1.72. The molecule has 106 valence electrons. The highest BCUT2D eigenvalue weighted by Crippen LogP contribution is 2.18. The Morgan fingerprint density at radius 2 is 2.21 bits per heavy atom. The summed E-state index contributed by atoms with van der Waals surface area (Å²) in [5.41, 5.74) is 0.765. The molecule has 0 saturated heterocycles. The minimum absolute atomic E-state index is 0.239. The molecule has 2 N–H and O–H groups in total. The maximum absolute atomic E-state index is 13.6. The van der Waals surface area contributed by atoms with Gasteiger partial charge in [-0.05, 0) is 31.0 Å². The van der Waals surface area contributed by atoms with Crippen LogP contribution >= 0.6 is 0 Å². The molecule has 0 spiro atoms. The summed E-state index contributed by atoms with van der Waals surface area (Å²) in [5.74, 6) is -1.38. The Morgan fingerprint density at radius 3 is 2.74 bits per heavy atom. The molecule has 0 aliphatic heterocycles. The molecule has 0 aliphatic rings. The Labute approximate surface area is 112 Å². The lowest BCUT2D eigenvalue weighted by Gasteiger charge is -2.11. The lowest BCUT2D eigenvalue weighted by atomic mass is 10.1. The quantitative estimate of drug-likeness (QED) is 0.761. The van der Waals surface area contributed by atoms with Gasteiger partial charge in [0.1, 0.15) is 0 Å². The van der Waals surface area contributed by atoms with Crippen LogP contribution in [0, 0.1) is 11.7 Å². The second-order valence-corrected chi connectivity index (χ2v) is 4.27. The normalized spacial score (nSPS) is 12.2. The summed E-state index contributed by atoms with van der Waals surface area (Å²) in [5, 5.41) is 11.9.